The quantitative estimate of drug-likeness (QED) is 0.457. The Bertz CT molecular complexity index is 82.2. The lowest BCUT2D eigenvalue weighted by molar-refractivity contribution is 1.39. The minimum absolute atomic E-state index is 0. The highest BCUT2D eigenvalue weighted by Crippen LogP contribution is 1.87. The minimum atomic E-state index is 0. The summed E-state index contributed by atoms with van der Waals surface area (Å²) >= 11 is 0. The van der Waals surface area contributed by atoms with Crippen molar-refractivity contribution in [1.29, 1.82) is 0 Å². The van der Waals surface area contributed by atoms with Gasteiger partial charge in [0.05, 0.1) is 0 Å². The van der Waals surface area contributed by atoms with Gasteiger partial charge in [0.15, 0.2) is 0 Å². The molecule has 0 heteroatoms. The summed E-state index contributed by atoms with van der Waals surface area (Å²) in [6.45, 7) is 6.18. The molecule has 0 fully saturated rings. The molecule has 0 aromatic carbocycles. The van der Waals surface area contributed by atoms with Crippen molar-refractivity contribution in [3.8, 4) is 0 Å². The van der Waals surface area contributed by atoms with Gasteiger partial charge in [-0.05, 0) is 20.8 Å². The molecular formula is C8H16. The first-order valence-electron chi connectivity index (χ1n) is 2.53. The van der Waals surface area contributed by atoms with Gasteiger partial charge in [-0.25, -0.2) is 0 Å². The Morgan fingerprint density at radius 3 is 1.88 bits per heavy atom. The Labute approximate surface area is 52.9 Å². The summed E-state index contributed by atoms with van der Waals surface area (Å²) in [6.07, 6.45) is 6.14. The maximum Gasteiger partial charge on any atom is -0.0439 e. The highest BCUT2D eigenvalue weighted by Gasteiger charge is 1.65. The van der Waals surface area contributed by atoms with Crippen LogP contribution in [0.25, 0.3) is 0 Å². The van der Waals surface area contributed by atoms with Crippen LogP contribution >= 0.6 is 0 Å². The molecule has 0 aromatic heterocycles. The molecule has 0 rings (SSSR count). The van der Waals surface area contributed by atoms with Crippen molar-refractivity contribution in [2.24, 2.45) is 0 Å². The molecule has 0 aliphatic rings. The smallest absolute Gasteiger partial charge is 0.0439 e. The molecule has 0 nitrogen and oxygen atoms in total. The van der Waals surface area contributed by atoms with Crippen LogP contribution in [-0.4, -0.2) is 0 Å². The number of hydrogen-bond acceptors (Lipinski definition) is 0. The second-order valence-electron chi connectivity index (χ2n) is 1.77. The van der Waals surface area contributed by atoms with Crippen LogP contribution in [0.1, 0.15) is 28.2 Å². The van der Waals surface area contributed by atoms with Crippen molar-refractivity contribution in [3.63, 3.8) is 0 Å². The fourth-order valence-electron chi connectivity index (χ4n) is 0.289. The van der Waals surface area contributed by atoms with Crippen LogP contribution in [0.5, 0.6) is 0 Å². The summed E-state index contributed by atoms with van der Waals surface area (Å²) in [5, 5.41) is 0. The summed E-state index contributed by atoms with van der Waals surface area (Å²) in [4.78, 5) is 0. The highest BCUT2D eigenvalue weighted by molar-refractivity contribution is 5.06. The lowest BCUT2D eigenvalue weighted by Crippen LogP contribution is -1.56. The van der Waals surface area contributed by atoms with E-state index >= 15 is 0 Å². The first kappa shape index (κ1) is 10.5. The average molecular weight is 112 g/mol. The normalized spacial score (nSPS) is 8.38. The molecule has 0 aliphatic carbocycles. The summed E-state index contributed by atoms with van der Waals surface area (Å²) in [6, 6.07) is 0. The molecule has 0 amide bonds. The molecule has 0 N–H and O–H groups in total. The van der Waals surface area contributed by atoms with Gasteiger partial charge in [0.1, 0.15) is 0 Å². The summed E-state index contributed by atoms with van der Waals surface area (Å²) in [7, 11) is 0. The number of allylic oxidation sites excluding steroid dienone is 4. The van der Waals surface area contributed by atoms with Crippen molar-refractivity contribution < 1.29 is 0 Å². The van der Waals surface area contributed by atoms with Gasteiger partial charge in [0.2, 0.25) is 0 Å². The monoisotopic (exact) mass is 112 g/mol. The molecule has 0 atom stereocenters. The Kier molecular flexibility index (Phi) is 8.47. The van der Waals surface area contributed by atoms with Crippen LogP contribution in [0.3, 0.4) is 0 Å². The summed E-state index contributed by atoms with van der Waals surface area (Å²) < 4.78 is 0. The molecule has 0 heterocycles. The van der Waals surface area contributed by atoms with Crippen LogP contribution in [0.4, 0.5) is 0 Å². The third kappa shape index (κ3) is 9.08. The number of rotatable bonds is 1. The first-order valence-corrected chi connectivity index (χ1v) is 2.53. The lowest BCUT2D eigenvalue weighted by atomic mass is 10.3. The van der Waals surface area contributed by atoms with E-state index < -0.39 is 0 Å². The Morgan fingerprint density at radius 2 is 1.75 bits per heavy atom. The van der Waals surface area contributed by atoms with Crippen molar-refractivity contribution in [3.05, 3.63) is 23.8 Å². The van der Waals surface area contributed by atoms with Crippen LogP contribution < -0.4 is 0 Å². The van der Waals surface area contributed by atoms with Gasteiger partial charge >= 0.3 is 0 Å². The van der Waals surface area contributed by atoms with Crippen LogP contribution in [-0.2, 0) is 0 Å². The molecule has 0 bridgehead atoms. The van der Waals surface area contributed by atoms with E-state index in [0.29, 0.717) is 0 Å². The standard InChI is InChI=1S/C7H12.CH4/c1-4-5-6-7(2)3;/h4-6H,1-3H3;1H4/b5-4-;. The molecule has 48 valence electrons. The van der Waals surface area contributed by atoms with Crippen LogP contribution in [0.15, 0.2) is 23.8 Å². The van der Waals surface area contributed by atoms with E-state index in [1.807, 2.05) is 19.1 Å². The van der Waals surface area contributed by atoms with E-state index in [1.54, 1.807) is 0 Å². The molecule has 0 spiro atoms. The van der Waals surface area contributed by atoms with Crippen molar-refractivity contribution in [1.82, 2.24) is 0 Å². The van der Waals surface area contributed by atoms with Gasteiger partial charge < -0.3 is 0 Å². The lowest BCUT2D eigenvalue weighted by Gasteiger charge is -1.77. The van der Waals surface area contributed by atoms with Crippen LogP contribution in [0.2, 0.25) is 0 Å². The molecule has 0 aliphatic heterocycles. The van der Waals surface area contributed by atoms with E-state index in [-0.39, 0.29) is 7.43 Å². The van der Waals surface area contributed by atoms with E-state index in [4.69, 9.17) is 0 Å². The molecule has 0 aromatic rings. The predicted octanol–water partition coefficient (Wildman–Crippen LogP) is 3.16. The van der Waals surface area contributed by atoms with Gasteiger partial charge in [-0.2, -0.15) is 0 Å². The third-order valence-corrected chi connectivity index (χ3v) is 0.622. The second kappa shape index (κ2) is 6.48. The van der Waals surface area contributed by atoms with Gasteiger partial charge in [-0.1, -0.05) is 31.2 Å². The summed E-state index contributed by atoms with van der Waals surface area (Å²) in [5.41, 5.74) is 1.35. The Hall–Kier alpha value is -0.520. The minimum Gasteiger partial charge on any atom is -0.0877 e. The zero-order chi connectivity index (χ0) is 5.70. The Morgan fingerprint density at radius 1 is 1.25 bits per heavy atom. The Balaban J connectivity index is 0. The molecule has 0 saturated carbocycles. The molecule has 0 saturated heterocycles. The molecule has 0 unspecified atom stereocenters. The molecule has 0 radical (unpaired) electrons. The molecule has 8 heavy (non-hydrogen) atoms. The number of hydrogen-bond donors (Lipinski definition) is 0. The summed E-state index contributed by atoms with van der Waals surface area (Å²) in [5.74, 6) is 0. The van der Waals surface area contributed by atoms with Crippen molar-refractivity contribution in [2.45, 2.75) is 28.2 Å². The molecular weight excluding hydrogens is 96.1 g/mol. The maximum absolute atomic E-state index is 2.08. The van der Waals surface area contributed by atoms with Crippen molar-refractivity contribution in [2.75, 3.05) is 0 Å². The van der Waals surface area contributed by atoms with E-state index in [2.05, 4.69) is 19.9 Å². The van der Waals surface area contributed by atoms with Crippen molar-refractivity contribution >= 4 is 0 Å². The van der Waals surface area contributed by atoms with Gasteiger partial charge in [0, 0.05) is 0 Å². The van der Waals surface area contributed by atoms with Gasteiger partial charge in [-0.15, -0.1) is 0 Å². The van der Waals surface area contributed by atoms with Gasteiger partial charge in [-0.3, -0.25) is 0 Å². The predicted molar refractivity (Wildman–Crippen MR) is 41.0 cm³/mol. The third-order valence-electron chi connectivity index (χ3n) is 0.622. The van der Waals surface area contributed by atoms with E-state index in [1.165, 1.54) is 5.57 Å². The SMILES string of the molecule is C.C/C=C\C=C(C)C. The zero-order valence-corrected chi connectivity index (χ0v) is 5.23. The first-order chi connectivity index (χ1) is 3.27. The zero-order valence-electron chi connectivity index (χ0n) is 5.23. The second-order valence-corrected chi connectivity index (χ2v) is 1.77. The largest absolute Gasteiger partial charge is 0.0877 e. The maximum atomic E-state index is 2.08. The van der Waals surface area contributed by atoms with E-state index in [9.17, 15) is 0 Å². The van der Waals surface area contributed by atoms with Crippen LogP contribution in [0, 0.1) is 0 Å². The topological polar surface area (TPSA) is 0 Å². The van der Waals surface area contributed by atoms with Gasteiger partial charge in [0.25, 0.3) is 0 Å². The van der Waals surface area contributed by atoms with E-state index in [0.717, 1.165) is 0 Å². The fraction of sp³-hybridized carbons (Fsp3) is 0.500. The fourth-order valence-corrected chi connectivity index (χ4v) is 0.289. The average Bonchev–Trinajstić information content (AvgIpc) is 1.61. The highest BCUT2D eigenvalue weighted by atomic mass is 13.7.